The van der Waals surface area contributed by atoms with Gasteiger partial charge in [-0.2, -0.15) is 0 Å². The molecule has 0 saturated carbocycles. The molecular formula is C24H26N2O3. The lowest BCUT2D eigenvalue weighted by molar-refractivity contribution is -0.148. The van der Waals surface area contributed by atoms with Gasteiger partial charge in [0.15, 0.2) is 0 Å². The van der Waals surface area contributed by atoms with Crippen LogP contribution in [0.4, 0.5) is 5.69 Å². The lowest BCUT2D eigenvalue weighted by Gasteiger charge is -2.16. The van der Waals surface area contributed by atoms with Gasteiger partial charge in [-0.3, -0.25) is 14.6 Å². The van der Waals surface area contributed by atoms with Gasteiger partial charge in [0.05, 0.1) is 11.8 Å². The summed E-state index contributed by atoms with van der Waals surface area (Å²) in [6.07, 6.45) is 4.23. The third-order valence-electron chi connectivity index (χ3n) is 4.87. The zero-order chi connectivity index (χ0) is 20.8. The van der Waals surface area contributed by atoms with Crippen LogP contribution in [-0.4, -0.2) is 16.9 Å². The molecule has 1 heterocycles. The van der Waals surface area contributed by atoms with Crippen LogP contribution in [0.3, 0.4) is 0 Å². The third kappa shape index (κ3) is 5.19. The number of hydrogen-bond acceptors (Lipinski definition) is 4. The number of aromatic nitrogens is 1. The molecule has 1 aromatic heterocycles. The molecule has 0 radical (unpaired) electrons. The number of amides is 1. The van der Waals surface area contributed by atoms with E-state index < -0.39 is 0 Å². The number of carbonyl (C=O) groups excluding carboxylic acids is 2. The van der Waals surface area contributed by atoms with E-state index in [2.05, 4.69) is 10.3 Å². The second kappa shape index (κ2) is 9.32. The van der Waals surface area contributed by atoms with Gasteiger partial charge in [0.1, 0.15) is 6.61 Å². The molecule has 1 N–H and O–H groups in total. The smallest absolute Gasteiger partial charge is 0.308 e. The maximum atomic E-state index is 12.9. The van der Waals surface area contributed by atoms with Crippen molar-refractivity contribution in [2.24, 2.45) is 5.92 Å². The van der Waals surface area contributed by atoms with Crippen LogP contribution >= 0.6 is 0 Å². The molecule has 5 heteroatoms. The molecule has 0 aliphatic rings. The Morgan fingerprint density at radius 3 is 2.48 bits per heavy atom. The van der Waals surface area contributed by atoms with Crippen molar-refractivity contribution in [2.75, 3.05) is 5.32 Å². The highest BCUT2D eigenvalue weighted by atomic mass is 16.5. The molecule has 5 nitrogen and oxygen atoms in total. The first-order valence-corrected chi connectivity index (χ1v) is 9.88. The maximum Gasteiger partial charge on any atom is 0.308 e. The van der Waals surface area contributed by atoms with Crippen LogP contribution in [0.5, 0.6) is 0 Å². The predicted molar refractivity (Wildman–Crippen MR) is 114 cm³/mol. The Morgan fingerprint density at radius 1 is 1.03 bits per heavy atom. The largest absolute Gasteiger partial charge is 0.461 e. The molecule has 0 fully saturated rings. The summed E-state index contributed by atoms with van der Waals surface area (Å²) in [5, 5.41) is 5.09. The fourth-order valence-electron chi connectivity index (χ4n) is 3.13. The fraction of sp³-hybridized carbons (Fsp3) is 0.292. The Balaban J connectivity index is 1.67. The van der Waals surface area contributed by atoms with Gasteiger partial charge >= 0.3 is 5.97 Å². The number of fused-ring (bicyclic) bond motifs is 1. The van der Waals surface area contributed by atoms with Crippen LogP contribution in [0, 0.1) is 5.92 Å². The molecule has 0 aliphatic carbocycles. The number of carbonyl (C=O) groups is 2. The summed E-state index contributed by atoms with van der Waals surface area (Å²) in [6, 6.07) is 15.4. The number of pyridine rings is 1. The normalized spacial score (nSPS) is 12.0. The molecular weight excluding hydrogens is 364 g/mol. The number of nitrogens with zero attached hydrogens (tertiary/aromatic N) is 1. The van der Waals surface area contributed by atoms with E-state index in [9.17, 15) is 9.59 Å². The molecule has 29 heavy (non-hydrogen) atoms. The highest BCUT2D eigenvalue weighted by Crippen LogP contribution is 2.24. The van der Waals surface area contributed by atoms with E-state index in [-0.39, 0.29) is 30.3 Å². The molecule has 1 amide bonds. The molecule has 1 atom stereocenters. The number of anilines is 1. The average molecular weight is 390 g/mol. The van der Waals surface area contributed by atoms with Crippen molar-refractivity contribution in [1.29, 1.82) is 0 Å². The second-order valence-electron chi connectivity index (χ2n) is 7.39. The number of benzene rings is 2. The van der Waals surface area contributed by atoms with Crippen LogP contribution in [0.2, 0.25) is 0 Å². The van der Waals surface area contributed by atoms with Crippen molar-refractivity contribution in [1.82, 2.24) is 4.98 Å². The third-order valence-corrected chi connectivity index (χ3v) is 4.87. The topological polar surface area (TPSA) is 68.3 Å². The molecule has 2 aromatic carbocycles. The molecule has 150 valence electrons. The second-order valence-corrected chi connectivity index (χ2v) is 7.39. The zero-order valence-corrected chi connectivity index (χ0v) is 17.0. The Morgan fingerprint density at radius 2 is 1.79 bits per heavy atom. The number of rotatable bonds is 7. The first kappa shape index (κ1) is 20.5. The quantitative estimate of drug-likeness (QED) is 0.572. The van der Waals surface area contributed by atoms with Crippen molar-refractivity contribution in [2.45, 2.75) is 39.7 Å². The Hall–Kier alpha value is -3.21. The molecule has 0 aliphatic heterocycles. The van der Waals surface area contributed by atoms with E-state index in [1.165, 1.54) is 0 Å². The van der Waals surface area contributed by atoms with Crippen molar-refractivity contribution in [3.8, 4) is 0 Å². The summed E-state index contributed by atoms with van der Waals surface area (Å²) in [5.41, 5.74) is 2.61. The molecule has 1 unspecified atom stereocenters. The van der Waals surface area contributed by atoms with E-state index in [0.717, 1.165) is 27.6 Å². The zero-order valence-electron chi connectivity index (χ0n) is 17.0. The summed E-state index contributed by atoms with van der Waals surface area (Å²) >= 11 is 0. The summed E-state index contributed by atoms with van der Waals surface area (Å²) in [5.74, 6) is -0.657. The van der Waals surface area contributed by atoms with Gasteiger partial charge in [-0.25, -0.2) is 0 Å². The minimum Gasteiger partial charge on any atom is -0.461 e. The number of esters is 1. The standard InChI is InChI=1S/C24H26N2O3/c1-4-22(18-7-5-17(6-8-18)15-29-24(28)16(2)3)23(27)26-21-10-9-20-14-25-12-11-19(20)13-21/h5-14,16,22H,4,15H2,1-3H3,(H,26,27). The van der Waals surface area contributed by atoms with Gasteiger partial charge in [0.2, 0.25) is 5.91 Å². The van der Waals surface area contributed by atoms with E-state index in [1.807, 2.05) is 69.3 Å². The van der Waals surface area contributed by atoms with Crippen LogP contribution in [0.25, 0.3) is 10.8 Å². The summed E-state index contributed by atoms with van der Waals surface area (Å²) < 4.78 is 5.26. The van der Waals surface area contributed by atoms with Crippen LogP contribution in [-0.2, 0) is 20.9 Å². The highest BCUT2D eigenvalue weighted by Gasteiger charge is 2.19. The van der Waals surface area contributed by atoms with Crippen molar-refractivity contribution >= 4 is 28.3 Å². The molecule has 0 spiro atoms. The number of hydrogen-bond donors (Lipinski definition) is 1. The van der Waals surface area contributed by atoms with Crippen molar-refractivity contribution in [3.63, 3.8) is 0 Å². The Bertz CT molecular complexity index is 996. The maximum absolute atomic E-state index is 12.9. The first-order chi connectivity index (χ1) is 14.0. The van der Waals surface area contributed by atoms with Gasteiger partial charge in [-0.15, -0.1) is 0 Å². The minimum atomic E-state index is -0.254. The highest BCUT2D eigenvalue weighted by molar-refractivity contribution is 5.97. The summed E-state index contributed by atoms with van der Waals surface area (Å²) in [6.45, 7) is 5.85. The van der Waals surface area contributed by atoms with Crippen LogP contribution < -0.4 is 5.32 Å². The molecule has 0 saturated heterocycles. The number of ether oxygens (including phenoxy) is 1. The van der Waals surface area contributed by atoms with Crippen LogP contribution in [0.1, 0.15) is 44.2 Å². The summed E-state index contributed by atoms with van der Waals surface area (Å²) in [7, 11) is 0. The van der Waals surface area contributed by atoms with Gasteiger partial charge in [-0.1, -0.05) is 51.1 Å². The van der Waals surface area contributed by atoms with E-state index in [4.69, 9.17) is 4.74 Å². The predicted octanol–water partition coefficient (Wildman–Crippen LogP) is 5.07. The van der Waals surface area contributed by atoms with Gasteiger partial charge in [0, 0.05) is 23.5 Å². The molecule has 0 bridgehead atoms. The Kier molecular flexibility index (Phi) is 6.60. The van der Waals surface area contributed by atoms with Gasteiger partial charge in [0.25, 0.3) is 0 Å². The average Bonchev–Trinajstić information content (AvgIpc) is 2.73. The minimum absolute atomic E-state index is 0.0418. The van der Waals surface area contributed by atoms with Crippen molar-refractivity contribution in [3.05, 3.63) is 72.1 Å². The van der Waals surface area contributed by atoms with Crippen molar-refractivity contribution < 1.29 is 14.3 Å². The van der Waals surface area contributed by atoms with Gasteiger partial charge < -0.3 is 10.1 Å². The lowest BCUT2D eigenvalue weighted by atomic mass is 9.94. The first-order valence-electron chi connectivity index (χ1n) is 9.88. The lowest BCUT2D eigenvalue weighted by Crippen LogP contribution is -2.20. The fourth-order valence-corrected chi connectivity index (χ4v) is 3.13. The van der Waals surface area contributed by atoms with E-state index in [1.54, 1.807) is 12.4 Å². The number of nitrogens with one attached hydrogen (secondary N) is 1. The Labute approximate surface area is 171 Å². The van der Waals surface area contributed by atoms with Gasteiger partial charge in [-0.05, 0) is 41.1 Å². The van der Waals surface area contributed by atoms with Crippen LogP contribution in [0.15, 0.2) is 60.9 Å². The van der Waals surface area contributed by atoms with E-state index in [0.29, 0.717) is 6.42 Å². The summed E-state index contributed by atoms with van der Waals surface area (Å²) in [4.78, 5) is 28.6. The van der Waals surface area contributed by atoms with E-state index >= 15 is 0 Å². The monoisotopic (exact) mass is 390 g/mol. The SMILES string of the molecule is CCC(C(=O)Nc1ccc2cnccc2c1)c1ccc(COC(=O)C(C)C)cc1. The molecule has 3 rings (SSSR count). The molecule has 3 aromatic rings.